The van der Waals surface area contributed by atoms with Crippen LogP contribution >= 0.6 is 0 Å². The molecule has 0 unspecified atom stereocenters. The molecule has 1 heterocycles. The van der Waals surface area contributed by atoms with E-state index in [4.69, 9.17) is 0 Å². The Morgan fingerprint density at radius 1 is 0.815 bits per heavy atom. The molecule has 0 radical (unpaired) electrons. The predicted molar refractivity (Wildman–Crippen MR) is 103 cm³/mol. The fraction of sp³-hybridized carbons (Fsp3) is 0.286. The third-order valence-electron chi connectivity index (χ3n) is 4.73. The zero-order chi connectivity index (χ0) is 19.2. The molecule has 0 spiro atoms. The van der Waals surface area contributed by atoms with Crippen LogP contribution in [0.15, 0.2) is 54.6 Å². The first-order valence-corrected chi connectivity index (χ1v) is 9.01. The molecule has 1 fully saturated rings. The molecule has 2 aromatic rings. The second-order valence-corrected chi connectivity index (χ2v) is 6.51. The van der Waals surface area contributed by atoms with Gasteiger partial charge in [-0.2, -0.15) is 0 Å². The SMILES string of the molecule is CC(=O)N1CCN(C(=O)CNC(=O)c2ccc(-c3ccccc3)cc2)CC1. The van der Waals surface area contributed by atoms with Gasteiger partial charge in [0, 0.05) is 38.7 Å². The van der Waals surface area contributed by atoms with Crippen molar-refractivity contribution in [3.63, 3.8) is 0 Å². The fourth-order valence-corrected chi connectivity index (χ4v) is 3.09. The molecule has 0 bridgehead atoms. The minimum atomic E-state index is -0.273. The minimum Gasteiger partial charge on any atom is -0.343 e. The summed E-state index contributed by atoms with van der Waals surface area (Å²) in [6.45, 7) is 3.56. The quantitative estimate of drug-likeness (QED) is 0.898. The average Bonchev–Trinajstić information content (AvgIpc) is 2.72. The van der Waals surface area contributed by atoms with Crippen LogP contribution in [0, 0.1) is 0 Å². The lowest BCUT2D eigenvalue weighted by atomic mass is 10.0. The van der Waals surface area contributed by atoms with Gasteiger partial charge < -0.3 is 15.1 Å². The summed E-state index contributed by atoms with van der Waals surface area (Å²) in [6, 6.07) is 17.2. The monoisotopic (exact) mass is 365 g/mol. The van der Waals surface area contributed by atoms with E-state index in [-0.39, 0.29) is 24.3 Å². The molecule has 1 saturated heterocycles. The number of amides is 3. The van der Waals surface area contributed by atoms with Crippen LogP contribution in [0.25, 0.3) is 11.1 Å². The molecule has 3 rings (SSSR count). The van der Waals surface area contributed by atoms with Crippen molar-refractivity contribution in [2.75, 3.05) is 32.7 Å². The van der Waals surface area contributed by atoms with Crippen LogP contribution < -0.4 is 5.32 Å². The van der Waals surface area contributed by atoms with Gasteiger partial charge in [-0.05, 0) is 23.3 Å². The Bertz CT molecular complexity index is 810. The van der Waals surface area contributed by atoms with Crippen LogP contribution in [0.1, 0.15) is 17.3 Å². The van der Waals surface area contributed by atoms with Crippen LogP contribution in [0.2, 0.25) is 0 Å². The van der Waals surface area contributed by atoms with Gasteiger partial charge in [0.05, 0.1) is 6.54 Å². The molecule has 1 aliphatic rings. The predicted octanol–water partition coefficient (Wildman–Crippen LogP) is 1.77. The number of carbonyl (C=O) groups is 3. The second-order valence-electron chi connectivity index (χ2n) is 6.51. The zero-order valence-corrected chi connectivity index (χ0v) is 15.4. The number of nitrogens with one attached hydrogen (secondary N) is 1. The maximum Gasteiger partial charge on any atom is 0.251 e. The van der Waals surface area contributed by atoms with Crippen LogP contribution in [-0.2, 0) is 9.59 Å². The molecule has 6 heteroatoms. The lowest BCUT2D eigenvalue weighted by Gasteiger charge is -2.34. The first-order valence-electron chi connectivity index (χ1n) is 9.01. The van der Waals surface area contributed by atoms with Gasteiger partial charge in [0.2, 0.25) is 11.8 Å². The Balaban J connectivity index is 1.50. The summed E-state index contributed by atoms with van der Waals surface area (Å²) >= 11 is 0. The third-order valence-corrected chi connectivity index (χ3v) is 4.73. The van der Waals surface area contributed by atoms with Crippen molar-refractivity contribution >= 4 is 17.7 Å². The van der Waals surface area contributed by atoms with E-state index in [1.54, 1.807) is 21.9 Å². The summed E-state index contributed by atoms with van der Waals surface area (Å²) in [5.74, 6) is -0.382. The zero-order valence-electron chi connectivity index (χ0n) is 15.4. The summed E-state index contributed by atoms with van der Waals surface area (Å²) in [7, 11) is 0. The van der Waals surface area contributed by atoms with E-state index >= 15 is 0 Å². The molecule has 3 amide bonds. The molecule has 27 heavy (non-hydrogen) atoms. The number of carbonyl (C=O) groups excluding carboxylic acids is 3. The van der Waals surface area contributed by atoms with Gasteiger partial charge in [0.1, 0.15) is 0 Å². The molecule has 140 valence electrons. The van der Waals surface area contributed by atoms with Crippen LogP contribution in [0.4, 0.5) is 0 Å². The van der Waals surface area contributed by atoms with Gasteiger partial charge in [0.15, 0.2) is 0 Å². The lowest BCUT2D eigenvalue weighted by Crippen LogP contribution is -2.52. The maximum absolute atomic E-state index is 12.3. The molecule has 1 aliphatic heterocycles. The smallest absolute Gasteiger partial charge is 0.251 e. The van der Waals surface area contributed by atoms with Crippen molar-refractivity contribution < 1.29 is 14.4 Å². The summed E-state index contributed by atoms with van der Waals surface area (Å²) in [6.07, 6.45) is 0. The highest BCUT2D eigenvalue weighted by molar-refractivity contribution is 5.96. The van der Waals surface area contributed by atoms with Crippen molar-refractivity contribution in [2.45, 2.75) is 6.92 Å². The Morgan fingerprint density at radius 3 is 1.96 bits per heavy atom. The summed E-state index contributed by atoms with van der Waals surface area (Å²) in [5.41, 5.74) is 2.64. The number of piperazine rings is 1. The maximum atomic E-state index is 12.3. The molecule has 1 N–H and O–H groups in total. The molecular formula is C21H23N3O3. The molecule has 2 aromatic carbocycles. The molecule has 0 saturated carbocycles. The minimum absolute atomic E-state index is 0.0225. The van der Waals surface area contributed by atoms with Gasteiger partial charge in [-0.1, -0.05) is 42.5 Å². The Hall–Kier alpha value is -3.15. The molecule has 0 aliphatic carbocycles. The first kappa shape index (κ1) is 18.6. The number of hydrogen-bond acceptors (Lipinski definition) is 3. The molecular weight excluding hydrogens is 342 g/mol. The average molecular weight is 365 g/mol. The van der Waals surface area contributed by atoms with Crippen molar-refractivity contribution in [3.8, 4) is 11.1 Å². The van der Waals surface area contributed by atoms with Crippen molar-refractivity contribution in [1.29, 1.82) is 0 Å². The van der Waals surface area contributed by atoms with Crippen LogP contribution in [0.5, 0.6) is 0 Å². The van der Waals surface area contributed by atoms with Crippen molar-refractivity contribution in [1.82, 2.24) is 15.1 Å². The number of rotatable bonds is 4. The van der Waals surface area contributed by atoms with Crippen molar-refractivity contribution in [3.05, 3.63) is 60.2 Å². The summed E-state index contributed by atoms with van der Waals surface area (Å²) in [5, 5.41) is 2.68. The van der Waals surface area contributed by atoms with E-state index in [2.05, 4.69) is 5.32 Å². The van der Waals surface area contributed by atoms with Crippen LogP contribution in [-0.4, -0.2) is 60.2 Å². The summed E-state index contributed by atoms with van der Waals surface area (Å²) in [4.78, 5) is 39.3. The largest absolute Gasteiger partial charge is 0.343 e. The van der Waals surface area contributed by atoms with Gasteiger partial charge in [0.25, 0.3) is 5.91 Å². The van der Waals surface area contributed by atoms with E-state index in [0.717, 1.165) is 11.1 Å². The highest BCUT2D eigenvalue weighted by atomic mass is 16.2. The highest BCUT2D eigenvalue weighted by Gasteiger charge is 2.22. The van der Waals surface area contributed by atoms with Gasteiger partial charge in [-0.3, -0.25) is 14.4 Å². The first-order chi connectivity index (χ1) is 13.0. The third kappa shape index (κ3) is 4.73. The topological polar surface area (TPSA) is 69.7 Å². The van der Waals surface area contributed by atoms with Gasteiger partial charge >= 0.3 is 0 Å². The lowest BCUT2D eigenvalue weighted by molar-refractivity contribution is -0.137. The van der Waals surface area contributed by atoms with Crippen LogP contribution in [0.3, 0.4) is 0 Å². The fourth-order valence-electron chi connectivity index (χ4n) is 3.09. The van der Waals surface area contributed by atoms with E-state index < -0.39 is 0 Å². The van der Waals surface area contributed by atoms with E-state index in [1.165, 1.54) is 6.92 Å². The Morgan fingerprint density at radius 2 is 1.37 bits per heavy atom. The molecule has 6 nitrogen and oxygen atoms in total. The van der Waals surface area contributed by atoms with Gasteiger partial charge in [-0.25, -0.2) is 0 Å². The van der Waals surface area contributed by atoms with E-state index in [9.17, 15) is 14.4 Å². The highest BCUT2D eigenvalue weighted by Crippen LogP contribution is 2.19. The standard InChI is InChI=1S/C21H23N3O3/c1-16(25)23-11-13-24(14-12-23)20(26)15-22-21(27)19-9-7-18(8-10-19)17-5-3-2-4-6-17/h2-10H,11-15H2,1H3,(H,22,27). The number of benzene rings is 2. The van der Waals surface area contributed by atoms with E-state index in [1.807, 2.05) is 42.5 Å². The van der Waals surface area contributed by atoms with Crippen molar-refractivity contribution in [2.24, 2.45) is 0 Å². The Kier molecular flexibility index (Phi) is 5.86. The molecule has 0 atom stereocenters. The summed E-state index contributed by atoms with van der Waals surface area (Å²) < 4.78 is 0. The normalized spacial score (nSPS) is 14.0. The second kappa shape index (κ2) is 8.49. The Labute approximate surface area is 158 Å². The van der Waals surface area contributed by atoms with E-state index in [0.29, 0.717) is 31.7 Å². The number of nitrogens with zero attached hydrogens (tertiary/aromatic N) is 2. The molecule has 0 aromatic heterocycles. The number of hydrogen-bond donors (Lipinski definition) is 1. The van der Waals surface area contributed by atoms with Gasteiger partial charge in [-0.15, -0.1) is 0 Å².